The van der Waals surface area contributed by atoms with E-state index in [1.54, 1.807) is 6.92 Å². The SMILES string of the molecule is CC#C[C@@H](CC(=O)O)c1ccc(OC/C=C(\C)CCC=C(C)C)cc1. The maximum absolute atomic E-state index is 10.9. The number of allylic oxidation sites excluding steroid dienone is 3. The lowest BCUT2D eigenvalue weighted by Gasteiger charge is -2.10. The summed E-state index contributed by atoms with van der Waals surface area (Å²) in [5.41, 5.74) is 3.56. The fourth-order valence-electron chi connectivity index (χ4n) is 2.37. The van der Waals surface area contributed by atoms with Crippen molar-refractivity contribution in [2.45, 2.75) is 52.9 Å². The van der Waals surface area contributed by atoms with Gasteiger partial charge in [-0.25, -0.2) is 0 Å². The van der Waals surface area contributed by atoms with Crippen LogP contribution in [0.1, 0.15) is 58.4 Å². The number of carboxylic acids is 1. The van der Waals surface area contributed by atoms with Crippen molar-refractivity contribution in [2.75, 3.05) is 6.61 Å². The van der Waals surface area contributed by atoms with Gasteiger partial charge >= 0.3 is 5.97 Å². The first kappa shape index (κ1) is 20.6. The molecule has 0 aliphatic heterocycles. The van der Waals surface area contributed by atoms with Crippen LogP contribution < -0.4 is 4.74 Å². The number of hydrogen-bond acceptors (Lipinski definition) is 2. The Kier molecular flexibility index (Phi) is 9.17. The van der Waals surface area contributed by atoms with Crippen LogP contribution in [-0.4, -0.2) is 17.7 Å². The molecule has 0 aliphatic carbocycles. The molecule has 1 rings (SSSR count). The molecule has 25 heavy (non-hydrogen) atoms. The average molecular weight is 340 g/mol. The van der Waals surface area contributed by atoms with E-state index in [2.05, 4.69) is 44.8 Å². The Balaban J connectivity index is 2.57. The summed E-state index contributed by atoms with van der Waals surface area (Å²) < 4.78 is 5.74. The number of carbonyl (C=O) groups is 1. The van der Waals surface area contributed by atoms with Crippen LogP contribution in [0.2, 0.25) is 0 Å². The number of benzene rings is 1. The summed E-state index contributed by atoms with van der Waals surface area (Å²) in [6.07, 6.45) is 6.45. The van der Waals surface area contributed by atoms with Crippen LogP contribution in [0.25, 0.3) is 0 Å². The second-order valence-electron chi connectivity index (χ2n) is 6.30. The second kappa shape index (κ2) is 11.1. The highest BCUT2D eigenvalue weighted by Crippen LogP contribution is 2.22. The smallest absolute Gasteiger partial charge is 0.304 e. The Morgan fingerprint density at radius 2 is 1.88 bits per heavy atom. The molecule has 134 valence electrons. The van der Waals surface area contributed by atoms with E-state index >= 15 is 0 Å². The normalized spacial score (nSPS) is 11.9. The lowest BCUT2D eigenvalue weighted by atomic mass is 9.96. The third kappa shape index (κ3) is 8.81. The van der Waals surface area contributed by atoms with Gasteiger partial charge in [-0.15, -0.1) is 5.92 Å². The van der Waals surface area contributed by atoms with Crippen molar-refractivity contribution in [1.82, 2.24) is 0 Å². The lowest BCUT2D eigenvalue weighted by Crippen LogP contribution is -2.04. The molecule has 3 nitrogen and oxygen atoms in total. The maximum Gasteiger partial charge on any atom is 0.304 e. The predicted octanol–water partition coefficient (Wildman–Crippen LogP) is 5.34. The van der Waals surface area contributed by atoms with Gasteiger partial charge in [-0.3, -0.25) is 4.79 Å². The minimum atomic E-state index is -0.846. The topological polar surface area (TPSA) is 46.5 Å². The highest BCUT2D eigenvalue weighted by molar-refractivity contribution is 5.69. The van der Waals surface area contributed by atoms with Gasteiger partial charge in [0.1, 0.15) is 12.4 Å². The summed E-state index contributed by atoms with van der Waals surface area (Å²) in [5.74, 6) is 5.39. The molecule has 0 heterocycles. The Morgan fingerprint density at radius 3 is 2.44 bits per heavy atom. The molecular formula is C22H28O3. The summed E-state index contributed by atoms with van der Waals surface area (Å²) in [7, 11) is 0. The molecule has 1 N–H and O–H groups in total. The Morgan fingerprint density at radius 1 is 1.20 bits per heavy atom. The summed E-state index contributed by atoms with van der Waals surface area (Å²) in [6, 6.07) is 7.51. The average Bonchev–Trinajstić information content (AvgIpc) is 2.54. The molecule has 0 saturated carbocycles. The quantitative estimate of drug-likeness (QED) is 0.487. The van der Waals surface area contributed by atoms with Gasteiger partial charge in [0.05, 0.1) is 12.3 Å². The molecule has 1 aromatic rings. The van der Waals surface area contributed by atoms with E-state index < -0.39 is 5.97 Å². The molecule has 0 aromatic heterocycles. The number of hydrogen-bond donors (Lipinski definition) is 1. The number of rotatable bonds is 9. The third-order valence-corrected chi connectivity index (χ3v) is 3.75. The molecule has 1 aromatic carbocycles. The molecule has 0 fully saturated rings. The van der Waals surface area contributed by atoms with Gasteiger partial charge < -0.3 is 9.84 Å². The number of aliphatic carboxylic acids is 1. The van der Waals surface area contributed by atoms with Crippen molar-refractivity contribution in [3.05, 3.63) is 53.1 Å². The second-order valence-corrected chi connectivity index (χ2v) is 6.30. The minimum absolute atomic E-state index is 0.00859. The number of ether oxygens (including phenoxy) is 1. The molecule has 0 saturated heterocycles. The van der Waals surface area contributed by atoms with Crippen LogP contribution in [0, 0.1) is 11.8 Å². The van der Waals surface area contributed by atoms with Gasteiger partial charge in [0.15, 0.2) is 0 Å². The molecule has 0 bridgehead atoms. The van der Waals surface area contributed by atoms with Crippen molar-refractivity contribution in [2.24, 2.45) is 0 Å². The van der Waals surface area contributed by atoms with Crippen LogP contribution in [0.15, 0.2) is 47.6 Å². The van der Waals surface area contributed by atoms with Gasteiger partial charge in [0, 0.05) is 0 Å². The highest BCUT2D eigenvalue weighted by atomic mass is 16.5. The summed E-state index contributed by atoms with van der Waals surface area (Å²) in [5, 5.41) is 8.98. The standard InChI is InChI=1S/C22H28O3/c1-5-7-20(16-22(23)24)19-10-12-21(13-11-19)25-15-14-18(4)9-6-8-17(2)3/h8,10-14,20H,6,9,15-16H2,1-4H3,(H,23,24)/b18-14+/t20-/m0/s1. The fraction of sp³-hybridized carbons (Fsp3) is 0.409. The van der Waals surface area contributed by atoms with Crippen LogP contribution in [-0.2, 0) is 4.79 Å². The molecule has 0 unspecified atom stereocenters. The van der Waals surface area contributed by atoms with Gasteiger partial charge in [-0.05, 0) is 64.3 Å². The number of carboxylic acid groups (broad SMARTS) is 1. The zero-order valence-electron chi connectivity index (χ0n) is 15.6. The van der Waals surface area contributed by atoms with Crippen molar-refractivity contribution in [3.63, 3.8) is 0 Å². The van der Waals surface area contributed by atoms with E-state index in [0.29, 0.717) is 6.61 Å². The first-order valence-electron chi connectivity index (χ1n) is 8.58. The largest absolute Gasteiger partial charge is 0.490 e. The predicted molar refractivity (Wildman–Crippen MR) is 103 cm³/mol. The van der Waals surface area contributed by atoms with E-state index in [-0.39, 0.29) is 12.3 Å². The molecule has 3 heteroatoms. The first-order chi connectivity index (χ1) is 11.9. The first-order valence-corrected chi connectivity index (χ1v) is 8.58. The van der Waals surface area contributed by atoms with E-state index in [1.807, 2.05) is 24.3 Å². The van der Waals surface area contributed by atoms with Crippen molar-refractivity contribution < 1.29 is 14.6 Å². The zero-order chi connectivity index (χ0) is 18.7. The fourth-order valence-corrected chi connectivity index (χ4v) is 2.37. The Hall–Kier alpha value is -2.47. The molecule has 0 amide bonds. The third-order valence-electron chi connectivity index (χ3n) is 3.75. The van der Waals surface area contributed by atoms with Crippen LogP contribution in [0.3, 0.4) is 0 Å². The molecule has 1 atom stereocenters. The van der Waals surface area contributed by atoms with Crippen molar-refractivity contribution in [1.29, 1.82) is 0 Å². The molecule has 0 aliphatic rings. The summed E-state index contributed by atoms with van der Waals surface area (Å²) >= 11 is 0. The van der Waals surface area contributed by atoms with Gasteiger partial charge in [0.25, 0.3) is 0 Å². The zero-order valence-corrected chi connectivity index (χ0v) is 15.6. The lowest BCUT2D eigenvalue weighted by molar-refractivity contribution is -0.137. The molecule has 0 spiro atoms. The van der Waals surface area contributed by atoms with Crippen LogP contribution in [0.5, 0.6) is 5.75 Å². The highest BCUT2D eigenvalue weighted by Gasteiger charge is 2.12. The molecular weight excluding hydrogens is 312 g/mol. The molecule has 0 radical (unpaired) electrons. The van der Waals surface area contributed by atoms with Crippen LogP contribution in [0.4, 0.5) is 0 Å². The Bertz CT molecular complexity index is 665. The van der Waals surface area contributed by atoms with Crippen molar-refractivity contribution in [3.8, 4) is 17.6 Å². The maximum atomic E-state index is 10.9. The van der Waals surface area contributed by atoms with Gasteiger partial charge in [0.2, 0.25) is 0 Å². The van der Waals surface area contributed by atoms with E-state index in [0.717, 1.165) is 24.2 Å². The van der Waals surface area contributed by atoms with Gasteiger partial charge in [-0.1, -0.05) is 35.3 Å². The Labute approximate surface area is 151 Å². The van der Waals surface area contributed by atoms with E-state index in [9.17, 15) is 4.79 Å². The van der Waals surface area contributed by atoms with Crippen molar-refractivity contribution >= 4 is 5.97 Å². The van der Waals surface area contributed by atoms with E-state index in [1.165, 1.54) is 11.1 Å². The summed E-state index contributed by atoms with van der Waals surface area (Å²) in [4.78, 5) is 10.9. The van der Waals surface area contributed by atoms with Crippen LogP contribution >= 0.6 is 0 Å². The monoisotopic (exact) mass is 340 g/mol. The van der Waals surface area contributed by atoms with Gasteiger partial charge in [-0.2, -0.15) is 0 Å². The minimum Gasteiger partial charge on any atom is -0.490 e. The summed E-state index contributed by atoms with van der Waals surface area (Å²) in [6.45, 7) is 8.59. The van der Waals surface area contributed by atoms with E-state index in [4.69, 9.17) is 9.84 Å².